The van der Waals surface area contributed by atoms with Crippen LogP contribution < -0.4 is 0 Å². The highest BCUT2D eigenvalue weighted by Gasteiger charge is 2.24. The van der Waals surface area contributed by atoms with Gasteiger partial charge in [0, 0.05) is 7.05 Å². The van der Waals surface area contributed by atoms with Gasteiger partial charge in [0.05, 0.1) is 22.8 Å². The molecular formula is C23H30ClF4N. The second-order valence-corrected chi connectivity index (χ2v) is 7.21. The highest BCUT2D eigenvalue weighted by molar-refractivity contribution is 6.32. The van der Waals surface area contributed by atoms with Crippen LogP contribution in [0.15, 0.2) is 47.6 Å². The molecule has 1 atom stereocenters. The largest absolute Gasteiger partial charge is 0.368 e. The maximum absolute atomic E-state index is 14.8. The molecule has 0 saturated carbocycles. The summed E-state index contributed by atoms with van der Waals surface area (Å²) >= 11 is 6.30. The molecule has 6 heteroatoms. The number of hydrogen-bond donors (Lipinski definition) is 0. The summed E-state index contributed by atoms with van der Waals surface area (Å²) in [5.41, 5.74) is 1.70. The molecule has 0 aliphatic carbocycles. The smallest absolute Gasteiger partial charge is 0.255 e. The Balaban J connectivity index is 3.81. The molecular weight excluding hydrogens is 402 g/mol. The van der Waals surface area contributed by atoms with Gasteiger partial charge < -0.3 is 4.90 Å². The standard InChI is InChI=1S/C23H30ClF4N/c1-5-9-16(10-6-2)18(14-13-17(25)7-3)23(29(4)15-21(27)28)22-19(24)11-8-12-20(22)26/h5,8-12,17,21H,6-7,13-15H2,1-4H3/b9-5-,16-10+,23-18+. The minimum Gasteiger partial charge on any atom is -0.368 e. The van der Waals surface area contributed by atoms with Crippen molar-refractivity contribution in [2.24, 2.45) is 0 Å². The maximum atomic E-state index is 14.8. The van der Waals surface area contributed by atoms with Crippen molar-refractivity contribution in [1.29, 1.82) is 0 Å². The Morgan fingerprint density at radius 3 is 2.41 bits per heavy atom. The van der Waals surface area contributed by atoms with Crippen LogP contribution in [0.25, 0.3) is 5.70 Å². The van der Waals surface area contributed by atoms with Crippen LogP contribution in [-0.4, -0.2) is 31.1 Å². The zero-order chi connectivity index (χ0) is 22.0. The van der Waals surface area contributed by atoms with E-state index in [4.69, 9.17) is 11.6 Å². The fourth-order valence-electron chi connectivity index (χ4n) is 3.19. The first kappa shape index (κ1) is 25.3. The third kappa shape index (κ3) is 7.54. The number of hydrogen-bond acceptors (Lipinski definition) is 1. The number of allylic oxidation sites excluding steroid dienone is 5. The first-order valence-electron chi connectivity index (χ1n) is 9.90. The molecule has 0 radical (unpaired) electrons. The van der Waals surface area contributed by atoms with Gasteiger partial charge in [-0.15, -0.1) is 0 Å². The van der Waals surface area contributed by atoms with Gasteiger partial charge in [0.25, 0.3) is 6.43 Å². The van der Waals surface area contributed by atoms with E-state index in [1.54, 1.807) is 6.92 Å². The summed E-state index contributed by atoms with van der Waals surface area (Å²) in [5.74, 6) is -0.602. The van der Waals surface area contributed by atoms with Crippen LogP contribution in [0.2, 0.25) is 5.02 Å². The lowest BCUT2D eigenvalue weighted by Gasteiger charge is -2.28. The van der Waals surface area contributed by atoms with Gasteiger partial charge in [-0.05, 0) is 55.9 Å². The summed E-state index contributed by atoms with van der Waals surface area (Å²) in [6.07, 6.45) is 3.47. The van der Waals surface area contributed by atoms with Crippen molar-refractivity contribution in [3.05, 3.63) is 64.0 Å². The van der Waals surface area contributed by atoms with Crippen LogP contribution in [0.1, 0.15) is 52.0 Å². The monoisotopic (exact) mass is 431 g/mol. The van der Waals surface area contributed by atoms with Crippen molar-refractivity contribution < 1.29 is 17.6 Å². The normalized spacial score (nSPS) is 14.5. The van der Waals surface area contributed by atoms with E-state index in [-0.39, 0.29) is 29.1 Å². The lowest BCUT2D eigenvalue weighted by atomic mass is 9.92. The molecule has 1 nitrogen and oxygen atoms in total. The van der Waals surface area contributed by atoms with Gasteiger partial charge in [0.1, 0.15) is 12.0 Å². The minimum absolute atomic E-state index is 0.0609. The average molecular weight is 432 g/mol. The Morgan fingerprint density at radius 2 is 1.90 bits per heavy atom. The molecule has 1 rings (SSSR count). The van der Waals surface area contributed by atoms with E-state index in [1.807, 2.05) is 32.1 Å². The van der Waals surface area contributed by atoms with Crippen molar-refractivity contribution in [1.82, 2.24) is 4.90 Å². The summed E-state index contributed by atoms with van der Waals surface area (Å²) in [4.78, 5) is 1.32. The molecule has 0 aromatic heterocycles. The van der Waals surface area contributed by atoms with Crippen LogP contribution in [0.5, 0.6) is 0 Å². The molecule has 0 aliphatic rings. The van der Waals surface area contributed by atoms with E-state index in [0.29, 0.717) is 18.4 Å². The molecule has 29 heavy (non-hydrogen) atoms. The molecule has 0 heterocycles. The van der Waals surface area contributed by atoms with Gasteiger partial charge in [0.2, 0.25) is 0 Å². The zero-order valence-corrected chi connectivity index (χ0v) is 18.2. The number of halogens is 5. The highest BCUT2D eigenvalue weighted by Crippen LogP contribution is 2.36. The van der Waals surface area contributed by atoms with Gasteiger partial charge in [-0.1, -0.05) is 49.7 Å². The lowest BCUT2D eigenvalue weighted by molar-refractivity contribution is 0.120. The van der Waals surface area contributed by atoms with Crippen LogP contribution in [-0.2, 0) is 0 Å². The first-order valence-corrected chi connectivity index (χ1v) is 10.3. The molecule has 0 fully saturated rings. The second-order valence-electron chi connectivity index (χ2n) is 6.81. The van der Waals surface area contributed by atoms with E-state index >= 15 is 0 Å². The molecule has 0 amide bonds. The Labute approximate surface area is 176 Å². The van der Waals surface area contributed by atoms with Crippen molar-refractivity contribution >= 4 is 17.3 Å². The Kier molecular flexibility index (Phi) is 11.1. The third-order valence-corrected chi connectivity index (χ3v) is 4.86. The van der Waals surface area contributed by atoms with E-state index in [1.165, 1.54) is 30.1 Å². The number of rotatable bonds is 11. The molecule has 0 aliphatic heterocycles. The van der Waals surface area contributed by atoms with Gasteiger partial charge in [-0.3, -0.25) is 0 Å². The van der Waals surface area contributed by atoms with E-state index < -0.39 is 25.0 Å². The fourth-order valence-corrected chi connectivity index (χ4v) is 3.44. The molecule has 0 N–H and O–H groups in total. The number of alkyl halides is 3. The van der Waals surface area contributed by atoms with E-state index in [9.17, 15) is 17.6 Å². The molecule has 0 spiro atoms. The minimum atomic E-state index is -2.62. The van der Waals surface area contributed by atoms with Crippen LogP contribution in [0, 0.1) is 5.82 Å². The Hall–Kier alpha value is -1.75. The molecule has 1 aromatic rings. The molecule has 0 saturated heterocycles. The predicted octanol–water partition coefficient (Wildman–Crippen LogP) is 7.83. The Bertz CT molecular complexity index is 720. The lowest BCUT2D eigenvalue weighted by Crippen LogP contribution is -2.25. The fraction of sp³-hybridized carbons (Fsp3) is 0.478. The van der Waals surface area contributed by atoms with Gasteiger partial charge in [0.15, 0.2) is 0 Å². The number of benzene rings is 1. The molecule has 1 unspecified atom stereocenters. The van der Waals surface area contributed by atoms with Crippen LogP contribution in [0.3, 0.4) is 0 Å². The predicted molar refractivity (Wildman–Crippen MR) is 115 cm³/mol. The van der Waals surface area contributed by atoms with Gasteiger partial charge >= 0.3 is 0 Å². The third-order valence-electron chi connectivity index (χ3n) is 4.55. The zero-order valence-electron chi connectivity index (χ0n) is 17.5. The number of nitrogens with zero attached hydrogens (tertiary/aromatic N) is 1. The maximum Gasteiger partial charge on any atom is 0.255 e. The van der Waals surface area contributed by atoms with Crippen molar-refractivity contribution in [2.75, 3.05) is 13.6 Å². The van der Waals surface area contributed by atoms with Crippen molar-refractivity contribution in [3.63, 3.8) is 0 Å². The summed E-state index contributed by atoms with van der Waals surface area (Å²) < 4.78 is 55.3. The SMILES string of the molecule is C\C=C/C(=C\CC)C(/CCC(F)CC)=C(\c1c(F)cccc1Cl)N(C)CC(F)F. The molecule has 1 aromatic carbocycles. The molecule has 162 valence electrons. The summed E-state index contributed by atoms with van der Waals surface area (Å²) in [6, 6.07) is 4.24. The van der Waals surface area contributed by atoms with Crippen molar-refractivity contribution in [3.8, 4) is 0 Å². The summed E-state index contributed by atoms with van der Waals surface area (Å²) in [7, 11) is 1.48. The Morgan fingerprint density at radius 1 is 1.21 bits per heavy atom. The van der Waals surface area contributed by atoms with Crippen LogP contribution >= 0.6 is 11.6 Å². The van der Waals surface area contributed by atoms with E-state index in [2.05, 4.69) is 0 Å². The summed E-state index contributed by atoms with van der Waals surface area (Å²) in [5, 5.41) is 0.127. The van der Waals surface area contributed by atoms with Crippen molar-refractivity contribution in [2.45, 2.75) is 59.1 Å². The second kappa shape index (κ2) is 12.7. The van der Waals surface area contributed by atoms with Gasteiger partial charge in [-0.2, -0.15) is 0 Å². The van der Waals surface area contributed by atoms with E-state index in [0.717, 1.165) is 5.57 Å². The first-order chi connectivity index (χ1) is 13.8. The summed E-state index contributed by atoms with van der Waals surface area (Å²) in [6.45, 7) is 4.94. The highest BCUT2D eigenvalue weighted by atomic mass is 35.5. The quantitative estimate of drug-likeness (QED) is 0.255. The molecule has 0 bridgehead atoms. The van der Waals surface area contributed by atoms with Gasteiger partial charge in [-0.25, -0.2) is 17.6 Å². The van der Waals surface area contributed by atoms with Crippen LogP contribution in [0.4, 0.5) is 17.6 Å². The average Bonchev–Trinajstić information content (AvgIpc) is 2.65. The topological polar surface area (TPSA) is 3.24 Å².